The lowest BCUT2D eigenvalue weighted by Crippen LogP contribution is -2.31. The van der Waals surface area contributed by atoms with Crippen LogP contribution in [0.3, 0.4) is 0 Å². The van der Waals surface area contributed by atoms with E-state index in [2.05, 4.69) is 35.9 Å². The zero-order valence-corrected chi connectivity index (χ0v) is 15.0. The van der Waals surface area contributed by atoms with E-state index in [1.165, 1.54) is 22.2 Å². The molecule has 8 heteroatoms. The van der Waals surface area contributed by atoms with E-state index in [0.29, 0.717) is 13.1 Å². The highest BCUT2D eigenvalue weighted by molar-refractivity contribution is 6.27. The molecule has 1 aromatic heterocycles. The van der Waals surface area contributed by atoms with Gasteiger partial charge in [0.25, 0.3) is 0 Å². The van der Waals surface area contributed by atoms with E-state index in [1.807, 2.05) is 12.1 Å². The Morgan fingerprint density at radius 1 is 1.15 bits per heavy atom. The van der Waals surface area contributed by atoms with Gasteiger partial charge in [0.05, 0.1) is 12.6 Å². The highest BCUT2D eigenvalue weighted by atomic mass is 16.4. The van der Waals surface area contributed by atoms with Crippen LogP contribution in [0.4, 0.5) is 0 Å². The largest absolute Gasteiger partial charge is 0.473 e. The molecule has 0 saturated carbocycles. The zero-order valence-electron chi connectivity index (χ0n) is 15.0. The van der Waals surface area contributed by atoms with E-state index in [4.69, 9.17) is 24.9 Å². The van der Waals surface area contributed by atoms with Crippen LogP contribution in [0.25, 0.3) is 10.9 Å². The number of aromatic nitrogens is 1. The molecule has 26 heavy (non-hydrogen) atoms. The Labute approximate surface area is 151 Å². The van der Waals surface area contributed by atoms with Gasteiger partial charge in [-0.05, 0) is 38.4 Å². The minimum atomic E-state index is -1.82. The maximum absolute atomic E-state index is 10.1. The van der Waals surface area contributed by atoms with Crippen molar-refractivity contribution in [2.75, 3.05) is 19.7 Å². The minimum Gasteiger partial charge on any atom is -0.473 e. The SMILES string of the molecule is Cc1c(C)n(CC(O)CNCCCO)c2ccccc12.O=C(O)C(=O)O. The first-order valence-corrected chi connectivity index (χ1v) is 8.29. The van der Waals surface area contributed by atoms with Crippen LogP contribution in [-0.4, -0.2) is 62.7 Å². The van der Waals surface area contributed by atoms with E-state index in [9.17, 15) is 5.11 Å². The second-order valence-electron chi connectivity index (χ2n) is 5.88. The highest BCUT2D eigenvalue weighted by Gasteiger charge is 2.13. The van der Waals surface area contributed by atoms with Gasteiger partial charge >= 0.3 is 11.9 Å². The number of fused-ring (bicyclic) bond motifs is 1. The molecule has 0 aliphatic carbocycles. The quantitative estimate of drug-likeness (QED) is 0.361. The van der Waals surface area contributed by atoms with E-state index >= 15 is 0 Å². The summed E-state index contributed by atoms with van der Waals surface area (Å²) in [7, 11) is 0. The van der Waals surface area contributed by atoms with Gasteiger partial charge in [0, 0.05) is 29.7 Å². The van der Waals surface area contributed by atoms with Gasteiger partial charge in [-0.1, -0.05) is 18.2 Å². The number of hydrogen-bond donors (Lipinski definition) is 5. The van der Waals surface area contributed by atoms with Crippen molar-refractivity contribution in [1.82, 2.24) is 9.88 Å². The normalized spacial score (nSPS) is 11.7. The molecular formula is C18H26N2O6. The number of carbonyl (C=O) groups is 2. The molecule has 0 aliphatic rings. The molecule has 8 nitrogen and oxygen atoms in total. The van der Waals surface area contributed by atoms with Crippen molar-refractivity contribution in [3.05, 3.63) is 35.5 Å². The summed E-state index contributed by atoms with van der Waals surface area (Å²) < 4.78 is 2.18. The van der Waals surface area contributed by atoms with E-state index < -0.39 is 18.0 Å². The number of benzene rings is 1. The van der Waals surface area contributed by atoms with Crippen LogP contribution >= 0.6 is 0 Å². The van der Waals surface area contributed by atoms with Gasteiger partial charge in [-0.15, -0.1) is 0 Å². The van der Waals surface area contributed by atoms with Crippen LogP contribution in [0.2, 0.25) is 0 Å². The third kappa shape index (κ3) is 6.14. The Hall–Kier alpha value is -2.42. The van der Waals surface area contributed by atoms with E-state index in [1.54, 1.807) is 0 Å². The molecule has 144 valence electrons. The molecule has 2 aromatic rings. The predicted molar refractivity (Wildman–Crippen MR) is 97.3 cm³/mol. The summed E-state index contributed by atoms with van der Waals surface area (Å²) in [5.41, 5.74) is 3.67. The summed E-state index contributed by atoms with van der Waals surface area (Å²) in [5.74, 6) is -3.65. The Kier molecular flexibility index (Phi) is 8.77. The number of aryl methyl sites for hydroxylation is 1. The van der Waals surface area contributed by atoms with Crippen molar-refractivity contribution < 1.29 is 30.0 Å². The van der Waals surface area contributed by atoms with Crippen LogP contribution in [0.15, 0.2) is 24.3 Å². The lowest BCUT2D eigenvalue weighted by Gasteiger charge is -2.15. The van der Waals surface area contributed by atoms with Gasteiger partial charge in [-0.2, -0.15) is 0 Å². The molecule has 1 aromatic carbocycles. The predicted octanol–water partition coefficient (Wildman–Crippen LogP) is 0.747. The molecular weight excluding hydrogens is 340 g/mol. The van der Waals surface area contributed by atoms with Crippen LogP contribution in [0.5, 0.6) is 0 Å². The van der Waals surface area contributed by atoms with Crippen molar-refractivity contribution >= 4 is 22.8 Å². The molecule has 1 heterocycles. The molecule has 0 amide bonds. The fourth-order valence-corrected chi connectivity index (χ4v) is 2.59. The van der Waals surface area contributed by atoms with Crippen molar-refractivity contribution in [3.63, 3.8) is 0 Å². The number of hydrogen-bond acceptors (Lipinski definition) is 5. The Balaban J connectivity index is 0.000000487. The summed E-state index contributed by atoms with van der Waals surface area (Å²) in [4.78, 5) is 18.2. The Bertz CT molecular complexity index is 729. The second-order valence-corrected chi connectivity index (χ2v) is 5.88. The summed E-state index contributed by atoms with van der Waals surface area (Å²) in [6.45, 7) is 6.28. The number of carboxylic acids is 2. The second kappa shape index (κ2) is 10.5. The molecule has 0 spiro atoms. The summed E-state index contributed by atoms with van der Waals surface area (Å²) >= 11 is 0. The molecule has 1 unspecified atom stereocenters. The number of aliphatic carboxylic acids is 2. The van der Waals surface area contributed by atoms with Gasteiger partial charge in [-0.25, -0.2) is 9.59 Å². The first-order valence-electron chi connectivity index (χ1n) is 8.29. The zero-order chi connectivity index (χ0) is 19.7. The summed E-state index contributed by atoms with van der Waals surface area (Å²) in [5, 5.41) is 38.1. The lowest BCUT2D eigenvalue weighted by atomic mass is 10.2. The van der Waals surface area contributed by atoms with Gasteiger partial charge in [0.15, 0.2) is 0 Å². The van der Waals surface area contributed by atoms with Gasteiger partial charge < -0.3 is 30.3 Å². The standard InChI is InChI=1S/C16H24N2O2.C2H2O4/c1-12-13(2)18(16-7-4-3-6-15(12)16)11-14(20)10-17-8-5-9-19;3-1(4)2(5)6/h3-4,6-7,14,17,19-20H,5,8-11H2,1-2H3;(H,3,4)(H,5,6). The van der Waals surface area contributed by atoms with E-state index in [0.717, 1.165) is 13.0 Å². The number of carboxylic acid groups (broad SMARTS) is 2. The van der Waals surface area contributed by atoms with E-state index in [-0.39, 0.29) is 6.61 Å². The number of nitrogens with one attached hydrogen (secondary N) is 1. The number of aliphatic hydroxyl groups excluding tert-OH is 2. The molecule has 0 bridgehead atoms. The molecule has 2 rings (SSSR count). The van der Waals surface area contributed by atoms with Gasteiger partial charge in [-0.3, -0.25) is 0 Å². The first kappa shape index (κ1) is 21.6. The first-order chi connectivity index (χ1) is 12.3. The monoisotopic (exact) mass is 366 g/mol. The average molecular weight is 366 g/mol. The number of nitrogens with zero attached hydrogens (tertiary/aromatic N) is 1. The molecule has 0 saturated heterocycles. The lowest BCUT2D eigenvalue weighted by molar-refractivity contribution is -0.159. The minimum absolute atomic E-state index is 0.184. The average Bonchev–Trinajstić information content (AvgIpc) is 2.84. The number of rotatable bonds is 7. The molecule has 0 aliphatic heterocycles. The van der Waals surface area contributed by atoms with Crippen molar-refractivity contribution in [1.29, 1.82) is 0 Å². The molecule has 0 fully saturated rings. The molecule has 1 atom stereocenters. The number of aliphatic hydroxyl groups is 2. The summed E-state index contributed by atoms with van der Waals surface area (Å²) in [6, 6.07) is 8.30. The van der Waals surface area contributed by atoms with Crippen LogP contribution in [0.1, 0.15) is 17.7 Å². The van der Waals surface area contributed by atoms with Crippen LogP contribution < -0.4 is 5.32 Å². The third-order valence-electron chi connectivity index (χ3n) is 4.01. The fourth-order valence-electron chi connectivity index (χ4n) is 2.59. The number of para-hydroxylation sites is 1. The fraction of sp³-hybridized carbons (Fsp3) is 0.444. The van der Waals surface area contributed by atoms with Gasteiger partial charge in [0.2, 0.25) is 0 Å². The van der Waals surface area contributed by atoms with Crippen LogP contribution in [-0.2, 0) is 16.1 Å². The van der Waals surface area contributed by atoms with Crippen molar-refractivity contribution in [2.45, 2.75) is 32.9 Å². The smallest absolute Gasteiger partial charge is 0.414 e. The third-order valence-corrected chi connectivity index (χ3v) is 4.01. The maximum atomic E-state index is 10.1. The van der Waals surface area contributed by atoms with Crippen LogP contribution in [0, 0.1) is 13.8 Å². The van der Waals surface area contributed by atoms with Gasteiger partial charge in [0.1, 0.15) is 0 Å². The molecule has 5 N–H and O–H groups in total. The van der Waals surface area contributed by atoms with Crippen molar-refractivity contribution in [3.8, 4) is 0 Å². The highest BCUT2D eigenvalue weighted by Crippen LogP contribution is 2.24. The summed E-state index contributed by atoms with van der Waals surface area (Å²) in [6.07, 6.45) is 0.291. The Morgan fingerprint density at radius 3 is 2.35 bits per heavy atom. The Morgan fingerprint density at radius 2 is 1.77 bits per heavy atom. The topological polar surface area (TPSA) is 132 Å². The molecule has 0 radical (unpaired) electrons. The maximum Gasteiger partial charge on any atom is 0.414 e. The van der Waals surface area contributed by atoms with Crippen molar-refractivity contribution in [2.24, 2.45) is 0 Å².